The molecule has 1 aromatic heterocycles. The first kappa shape index (κ1) is 32.6. The molecule has 2 atom stereocenters. The molecule has 0 spiro atoms. The lowest BCUT2D eigenvalue weighted by molar-refractivity contribution is -0.274. The Labute approximate surface area is 269 Å². The highest BCUT2D eigenvalue weighted by molar-refractivity contribution is 8.14. The number of urea groups is 1. The maximum absolute atomic E-state index is 13.2. The minimum absolute atomic E-state index is 0.145. The summed E-state index contributed by atoms with van der Waals surface area (Å²) < 4.78 is 42.7. The van der Waals surface area contributed by atoms with Gasteiger partial charge in [0.15, 0.2) is 11.0 Å². The first-order valence-corrected chi connectivity index (χ1v) is 15.6. The van der Waals surface area contributed by atoms with Gasteiger partial charge in [0.2, 0.25) is 0 Å². The molecule has 0 radical (unpaired) electrons. The van der Waals surface area contributed by atoms with E-state index in [2.05, 4.69) is 75.1 Å². The predicted molar refractivity (Wildman–Crippen MR) is 172 cm³/mol. The van der Waals surface area contributed by atoms with Crippen LogP contribution in [0.25, 0.3) is 17.1 Å². The number of hydrogen-bond donors (Lipinski definition) is 1. The molecule has 46 heavy (non-hydrogen) atoms. The van der Waals surface area contributed by atoms with E-state index < -0.39 is 18.4 Å². The number of alkyl halides is 3. The van der Waals surface area contributed by atoms with Crippen molar-refractivity contribution in [2.24, 2.45) is 4.99 Å². The van der Waals surface area contributed by atoms with Crippen LogP contribution in [-0.4, -0.2) is 44.1 Å². The molecule has 2 unspecified atom stereocenters. The van der Waals surface area contributed by atoms with Crippen molar-refractivity contribution in [3.8, 4) is 28.9 Å². The van der Waals surface area contributed by atoms with Crippen LogP contribution in [0.15, 0.2) is 78.0 Å². The van der Waals surface area contributed by atoms with Crippen molar-refractivity contribution in [1.29, 1.82) is 5.26 Å². The van der Waals surface area contributed by atoms with Gasteiger partial charge in [0.25, 0.3) is 0 Å². The largest absolute Gasteiger partial charge is 0.573 e. The van der Waals surface area contributed by atoms with Gasteiger partial charge < -0.3 is 15.0 Å². The van der Waals surface area contributed by atoms with E-state index in [1.165, 1.54) is 52.6 Å². The monoisotopic (exact) mass is 647 g/mol. The van der Waals surface area contributed by atoms with Gasteiger partial charge in [-0.1, -0.05) is 62.0 Å². The lowest BCUT2D eigenvalue weighted by Gasteiger charge is -2.37. The van der Waals surface area contributed by atoms with Crippen LogP contribution in [-0.2, 0) is 0 Å². The second-order valence-electron chi connectivity index (χ2n) is 11.2. The van der Waals surface area contributed by atoms with E-state index in [1.54, 1.807) is 24.3 Å². The van der Waals surface area contributed by atoms with Crippen molar-refractivity contribution in [2.75, 3.05) is 10.7 Å². The number of nitrogens with zero attached hydrogens (tertiary/aromatic N) is 6. The van der Waals surface area contributed by atoms with Crippen molar-refractivity contribution < 1.29 is 22.7 Å². The van der Waals surface area contributed by atoms with E-state index in [0.29, 0.717) is 27.8 Å². The standard InChI is InChI=1S/C33H32F3N7O2S/c1-20(2)27-14-5-21(3)17-29(27)43-22(4)15-16-46-32(43)40-31(44)39-28(18-37)23-6-8-24(9-7-23)30-38-19-42(41-30)25-10-12-26(13-11-25)45-33(34,35)36/h5-14,17,19-20,22,28H,15-16H2,1-4H3,(H,39,44). The highest BCUT2D eigenvalue weighted by Crippen LogP contribution is 2.35. The van der Waals surface area contributed by atoms with Crippen LogP contribution in [0.5, 0.6) is 5.75 Å². The molecule has 1 fully saturated rings. The molecule has 1 N–H and O–H groups in total. The van der Waals surface area contributed by atoms with E-state index in [9.17, 15) is 23.2 Å². The van der Waals surface area contributed by atoms with Crippen molar-refractivity contribution in [2.45, 2.75) is 58.5 Å². The minimum Gasteiger partial charge on any atom is -0.406 e. The number of carbonyl (C=O) groups is 1. The molecule has 0 aliphatic carbocycles. The van der Waals surface area contributed by atoms with E-state index in [4.69, 9.17) is 0 Å². The topological polar surface area (TPSA) is 108 Å². The Morgan fingerprint density at radius 2 is 1.85 bits per heavy atom. The smallest absolute Gasteiger partial charge is 0.406 e. The SMILES string of the molecule is Cc1ccc(C(C)C)c(N2C(=NC(=O)NC(C#N)c3ccc(-c4ncn(-c5ccc(OC(F)(F)F)cc5)n4)cc3)SCCC2C)c1. The molecule has 5 rings (SSSR count). The summed E-state index contributed by atoms with van der Waals surface area (Å²) in [6.45, 7) is 8.45. The zero-order valence-electron chi connectivity index (χ0n) is 25.6. The lowest BCUT2D eigenvalue weighted by Crippen LogP contribution is -2.43. The van der Waals surface area contributed by atoms with Crippen LogP contribution < -0.4 is 15.0 Å². The van der Waals surface area contributed by atoms with Crippen molar-refractivity contribution in [1.82, 2.24) is 20.1 Å². The van der Waals surface area contributed by atoms with Gasteiger partial charge in [-0.15, -0.1) is 18.3 Å². The summed E-state index contributed by atoms with van der Waals surface area (Å²) in [4.78, 5) is 24.0. The zero-order valence-corrected chi connectivity index (χ0v) is 26.4. The Morgan fingerprint density at radius 1 is 1.13 bits per heavy atom. The van der Waals surface area contributed by atoms with E-state index in [1.807, 2.05) is 6.92 Å². The number of amidine groups is 1. The predicted octanol–water partition coefficient (Wildman–Crippen LogP) is 7.93. The second kappa shape index (κ2) is 13.7. The fraction of sp³-hybridized carbons (Fsp3) is 0.303. The van der Waals surface area contributed by atoms with Gasteiger partial charge >= 0.3 is 12.4 Å². The third-order valence-corrected chi connectivity index (χ3v) is 8.39. The van der Waals surface area contributed by atoms with Crippen LogP contribution in [0, 0.1) is 18.3 Å². The summed E-state index contributed by atoms with van der Waals surface area (Å²) >= 11 is 1.52. The summed E-state index contributed by atoms with van der Waals surface area (Å²) in [5.74, 6) is 1.14. The molecular weight excluding hydrogens is 615 g/mol. The molecule has 4 aromatic rings. The molecule has 238 valence electrons. The minimum atomic E-state index is -4.77. The van der Waals surface area contributed by atoms with Crippen LogP contribution in [0.3, 0.4) is 0 Å². The van der Waals surface area contributed by atoms with Gasteiger partial charge in [0.05, 0.1) is 11.8 Å². The molecule has 1 saturated heterocycles. The Morgan fingerprint density at radius 3 is 2.50 bits per heavy atom. The molecule has 0 saturated carbocycles. The number of anilines is 1. The number of thioether (sulfide) groups is 1. The average Bonchev–Trinajstić information content (AvgIpc) is 3.50. The molecular formula is C33H32F3N7O2S. The summed E-state index contributed by atoms with van der Waals surface area (Å²) in [6.07, 6.45) is -2.39. The molecule has 2 amide bonds. The maximum atomic E-state index is 13.2. The molecule has 2 heterocycles. The number of nitriles is 1. The lowest BCUT2D eigenvalue weighted by atomic mass is 9.98. The van der Waals surface area contributed by atoms with Gasteiger partial charge in [-0.05, 0) is 73.2 Å². The number of aromatic nitrogens is 3. The van der Waals surface area contributed by atoms with Crippen LogP contribution >= 0.6 is 11.8 Å². The summed E-state index contributed by atoms with van der Waals surface area (Å²) in [6, 6.07) is 19.2. The van der Waals surface area contributed by atoms with Crippen molar-refractivity contribution >= 4 is 28.6 Å². The van der Waals surface area contributed by atoms with E-state index >= 15 is 0 Å². The number of aryl methyl sites for hydroxylation is 1. The molecule has 1 aliphatic heterocycles. The van der Waals surface area contributed by atoms with Crippen molar-refractivity contribution in [3.63, 3.8) is 0 Å². The summed E-state index contributed by atoms with van der Waals surface area (Å²) in [7, 11) is 0. The number of rotatable bonds is 7. The van der Waals surface area contributed by atoms with Gasteiger partial charge in [-0.2, -0.15) is 10.3 Å². The van der Waals surface area contributed by atoms with Gasteiger partial charge in [0, 0.05) is 23.0 Å². The fourth-order valence-electron chi connectivity index (χ4n) is 5.06. The molecule has 3 aromatic carbocycles. The molecule has 9 nitrogen and oxygen atoms in total. The Hall–Kier alpha value is -4.83. The van der Waals surface area contributed by atoms with Gasteiger partial charge in [0.1, 0.15) is 18.1 Å². The van der Waals surface area contributed by atoms with Crippen LogP contribution in [0.2, 0.25) is 0 Å². The number of nitrogens with one attached hydrogen (secondary N) is 1. The first-order chi connectivity index (χ1) is 21.9. The van der Waals surface area contributed by atoms with Gasteiger partial charge in [-0.3, -0.25) is 0 Å². The highest BCUT2D eigenvalue weighted by atomic mass is 32.2. The van der Waals surface area contributed by atoms with Crippen LogP contribution in [0.4, 0.5) is 23.7 Å². The Kier molecular flexibility index (Phi) is 9.67. The summed E-state index contributed by atoms with van der Waals surface area (Å²) in [5, 5.41) is 17.6. The molecule has 13 heteroatoms. The number of benzene rings is 3. The second-order valence-corrected chi connectivity index (χ2v) is 12.2. The molecule has 1 aliphatic rings. The maximum Gasteiger partial charge on any atom is 0.573 e. The van der Waals surface area contributed by atoms with E-state index in [-0.39, 0.29) is 17.7 Å². The average molecular weight is 648 g/mol. The summed E-state index contributed by atoms with van der Waals surface area (Å²) in [5.41, 5.74) is 5.03. The number of carbonyl (C=O) groups excluding carboxylic acids is 1. The third kappa shape index (κ3) is 7.69. The Balaban J connectivity index is 1.29. The van der Waals surface area contributed by atoms with Crippen molar-refractivity contribution in [3.05, 3.63) is 89.7 Å². The van der Waals surface area contributed by atoms with Gasteiger partial charge in [-0.25, -0.2) is 14.5 Å². The van der Waals surface area contributed by atoms with Crippen LogP contribution in [0.1, 0.15) is 55.8 Å². The number of halogens is 3. The normalized spacial score (nSPS) is 16.7. The number of amides is 2. The number of ether oxygens (including phenoxy) is 1. The highest BCUT2D eigenvalue weighted by Gasteiger charge is 2.31. The number of hydrogen-bond acceptors (Lipinski definition) is 6. The third-order valence-electron chi connectivity index (χ3n) is 7.40. The first-order valence-electron chi connectivity index (χ1n) is 14.6. The fourth-order valence-corrected chi connectivity index (χ4v) is 6.27. The molecule has 0 bridgehead atoms. The zero-order chi connectivity index (χ0) is 33.0. The number of aliphatic imine (C=N–C) groups is 1. The quantitative estimate of drug-likeness (QED) is 0.217. The van der Waals surface area contributed by atoms with E-state index in [0.717, 1.165) is 23.4 Å². The Bertz CT molecular complexity index is 1760.